The normalized spacial score (nSPS) is 13.7. The first kappa shape index (κ1) is 26.2. The van der Waals surface area contributed by atoms with Crippen LogP contribution in [0.4, 0.5) is 11.4 Å². The van der Waals surface area contributed by atoms with Crippen molar-refractivity contribution in [2.75, 3.05) is 36.4 Å². The Balaban J connectivity index is 1.19. The smallest absolute Gasteiger partial charge is 0.256 e. The van der Waals surface area contributed by atoms with E-state index in [0.717, 1.165) is 55.2 Å². The van der Waals surface area contributed by atoms with Gasteiger partial charge in [-0.25, -0.2) is 0 Å². The number of rotatable bonds is 7. The van der Waals surface area contributed by atoms with E-state index in [-0.39, 0.29) is 5.91 Å². The molecule has 0 atom stereocenters. The van der Waals surface area contributed by atoms with Crippen molar-refractivity contribution < 1.29 is 4.79 Å². The van der Waals surface area contributed by atoms with Crippen LogP contribution in [0.5, 0.6) is 0 Å². The summed E-state index contributed by atoms with van der Waals surface area (Å²) in [5.41, 5.74) is 7.74. The minimum absolute atomic E-state index is 0.111. The minimum atomic E-state index is -0.111. The van der Waals surface area contributed by atoms with Gasteiger partial charge >= 0.3 is 0 Å². The maximum Gasteiger partial charge on any atom is 0.256 e. The lowest BCUT2D eigenvalue weighted by Crippen LogP contribution is -2.45. The molecule has 39 heavy (non-hydrogen) atoms. The molecule has 5 heteroatoms. The van der Waals surface area contributed by atoms with Gasteiger partial charge in [-0.05, 0) is 70.6 Å². The van der Waals surface area contributed by atoms with E-state index in [1.165, 1.54) is 11.1 Å². The van der Waals surface area contributed by atoms with Crippen molar-refractivity contribution in [3.05, 3.63) is 119 Å². The molecule has 1 amide bonds. The van der Waals surface area contributed by atoms with E-state index in [1.807, 2.05) is 54.6 Å². The first-order chi connectivity index (χ1) is 19.0. The molecule has 4 aromatic carbocycles. The molecule has 1 heterocycles. The van der Waals surface area contributed by atoms with Crippen molar-refractivity contribution in [3.8, 4) is 17.2 Å². The van der Waals surface area contributed by atoms with Crippen molar-refractivity contribution in [1.82, 2.24) is 4.90 Å². The first-order valence-electron chi connectivity index (χ1n) is 13.6. The van der Waals surface area contributed by atoms with E-state index in [1.54, 1.807) is 0 Å². The fourth-order valence-electron chi connectivity index (χ4n) is 5.10. The van der Waals surface area contributed by atoms with Crippen LogP contribution in [0.1, 0.15) is 46.8 Å². The molecule has 1 N–H and O–H groups in total. The number of nitrogens with one attached hydrogen (secondary N) is 1. The molecule has 0 saturated carbocycles. The highest BCUT2D eigenvalue weighted by Gasteiger charge is 2.18. The molecule has 5 rings (SSSR count). The zero-order valence-corrected chi connectivity index (χ0v) is 22.6. The number of nitriles is 1. The summed E-state index contributed by atoms with van der Waals surface area (Å²) in [5.74, 6) is 0.359. The Morgan fingerprint density at radius 3 is 2.28 bits per heavy atom. The van der Waals surface area contributed by atoms with Crippen molar-refractivity contribution >= 4 is 17.3 Å². The molecule has 0 aromatic heterocycles. The highest BCUT2D eigenvalue weighted by molar-refractivity contribution is 6.08. The van der Waals surface area contributed by atoms with Crippen molar-refractivity contribution in [2.24, 2.45) is 0 Å². The largest absolute Gasteiger partial charge is 0.369 e. The Morgan fingerprint density at radius 1 is 0.872 bits per heavy atom. The second kappa shape index (κ2) is 12.0. The molecule has 0 radical (unpaired) electrons. The minimum Gasteiger partial charge on any atom is -0.369 e. The van der Waals surface area contributed by atoms with Crippen LogP contribution < -0.4 is 10.2 Å². The monoisotopic (exact) mass is 514 g/mol. The van der Waals surface area contributed by atoms with Gasteiger partial charge in [-0.3, -0.25) is 9.69 Å². The predicted molar refractivity (Wildman–Crippen MR) is 159 cm³/mol. The van der Waals surface area contributed by atoms with Gasteiger partial charge in [0.05, 0.1) is 11.6 Å². The Kier molecular flexibility index (Phi) is 8.05. The second-order valence-corrected chi connectivity index (χ2v) is 10.4. The second-order valence-electron chi connectivity index (χ2n) is 10.4. The standard InChI is InChI=1S/C34H34N4O/c1-25(2)28-10-12-29(13-11-28)32-8-3-4-9-33(32)34(39)36-30-14-16-31(17-15-30)38-20-18-37(19-21-38)24-27-7-5-6-26(22-27)23-35/h3-17,22,25H,18-21,24H2,1-2H3,(H,36,39). The number of anilines is 2. The van der Waals surface area contributed by atoms with Gasteiger partial charge in [-0.15, -0.1) is 0 Å². The molecule has 1 aliphatic heterocycles. The number of hydrogen-bond acceptors (Lipinski definition) is 4. The van der Waals surface area contributed by atoms with Crippen LogP contribution >= 0.6 is 0 Å². The molecule has 196 valence electrons. The highest BCUT2D eigenvalue weighted by atomic mass is 16.1. The molecule has 0 spiro atoms. The van der Waals surface area contributed by atoms with Gasteiger partial charge in [0.25, 0.3) is 5.91 Å². The lowest BCUT2D eigenvalue weighted by molar-refractivity contribution is 0.102. The predicted octanol–water partition coefficient (Wildman–Crippen LogP) is 6.92. The molecule has 1 aliphatic rings. The van der Waals surface area contributed by atoms with Gasteiger partial charge in [0, 0.05) is 49.7 Å². The molecular weight excluding hydrogens is 480 g/mol. The average molecular weight is 515 g/mol. The average Bonchev–Trinajstić information content (AvgIpc) is 2.98. The zero-order chi connectivity index (χ0) is 27.2. The Labute approximate surface area is 231 Å². The summed E-state index contributed by atoms with van der Waals surface area (Å²) < 4.78 is 0. The lowest BCUT2D eigenvalue weighted by Gasteiger charge is -2.36. The van der Waals surface area contributed by atoms with Crippen LogP contribution in [0.25, 0.3) is 11.1 Å². The Morgan fingerprint density at radius 2 is 1.59 bits per heavy atom. The van der Waals surface area contributed by atoms with Gasteiger partial charge < -0.3 is 10.2 Å². The van der Waals surface area contributed by atoms with Crippen LogP contribution in [-0.4, -0.2) is 37.0 Å². The molecule has 5 nitrogen and oxygen atoms in total. The summed E-state index contributed by atoms with van der Waals surface area (Å²) in [7, 11) is 0. The summed E-state index contributed by atoms with van der Waals surface area (Å²) in [4.78, 5) is 18.1. The number of hydrogen-bond donors (Lipinski definition) is 1. The maximum absolute atomic E-state index is 13.3. The molecule has 4 aromatic rings. The Bertz CT molecular complexity index is 1460. The lowest BCUT2D eigenvalue weighted by atomic mass is 9.95. The van der Waals surface area contributed by atoms with Gasteiger partial charge in [0.15, 0.2) is 0 Å². The molecular formula is C34H34N4O. The van der Waals surface area contributed by atoms with Crippen molar-refractivity contribution in [1.29, 1.82) is 5.26 Å². The van der Waals surface area contributed by atoms with Gasteiger partial charge in [-0.1, -0.05) is 68.4 Å². The highest BCUT2D eigenvalue weighted by Crippen LogP contribution is 2.27. The molecule has 1 fully saturated rings. The fraction of sp³-hybridized carbons (Fsp3) is 0.235. The van der Waals surface area contributed by atoms with E-state index in [0.29, 0.717) is 17.0 Å². The van der Waals surface area contributed by atoms with Crippen LogP contribution in [-0.2, 0) is 6.54 Å². The third-order valence-corrected chi connectivity index (χ3v) is 7.38. The summed E-state index contributed by atoms with van der Waals surface area (Å²) in [6.07, 6.45) is 0. The van der Waals surface area contributed by atoms with Gasteiger partial charge in [0.1, 0.15) is 0 Å². The fourth-order valence-corrected chi connectivity index (χ4v) is 5.10. The third kappa shape index (κ3) is 6.37. The van der Waals surface area contributed by atoms with E-state index >= 15 is 0 Å². The number of amides is 1. The van der Waals surface area contributed by atoms with Gasteiger partial charge in [0.2, 0.25) is 0 Å². The summed E-state index contributed by atoms with van der Waals surface area (Å²) in [6.45, 7) is 9.02. The van der Waals surface area contributed by atoms with Crippen LogP contribution in [0.15, 0.2) is 97.1 Å². The SMILES string of the molecule is CC(C)c1ccc(-c2ccccc2C(=O)Nc2ccc(N3CCN(Cc4cccc(C#N)c4)CC3)cc2)cc1. The first-order valence-corrected chi connectivity index (χ1v) is 13.6. The van der Waals surface area contributed by atoms with E-state index < -0.39 is 0 Å². The van der Waals surface area contributed by atoms with Crippen LogP contribution in [0.3, 0.4) is 0 Å². The van der Waals surface area contributed by atoms with E-state index in [4.69, 9.17) is 5.26 Å². The van der Waals surface area contributed by atoms with Crippen LogP contribution in [0.2, 0.25) is 0 Å². The number of nitrogens with zero attached hydrogens (tertiary/aromatic N) is 3. The molecule has 0 bridgehead atoms. The quantitative estimate of drug-likeness (QED) is 0.291. The molecule has 1 saturated heterocycles. The summed E-state index contributed by atoms with van der Waals surface area (Å²) in [5, 5.41) is 12.2. The van der Waals surface area contributed by atoms with Crippen LogP contribution in [0, 0.1) is 11.3 Å². The maximum atomic E-state index is 13.3. The summed E-state index contributed by atoms with van der Waals surface area (Å²) in [6, 6.07) is 34.4. The number of benzene rings is 4. The number of carbonyl (C=O) groups excluding carboxylic acids is 1. The summed E-state index contributed by atoms with van der Waals surface area (Å²) >= 11 is 0. The van der Waals surface area contributed by atoms with Crippen molar-refractivity contribution in [2.45, 2.75) is 26.3 Å². The molecule has 0 unspecified atom stereocenters. The number of piperazine rings is 1. The third-order valence-electron chi connectivity index (χ3n) is 7.38. The van der Waals surface area contributed by atoms with E-state index in [2.05, 4.69) is 77.5 Å². The van der Waals surface area contributed by atoms with Crippen molar-refractivity contribution in [3.63, 3.8) is 0 Å². The number of carbonyl (C=O) groups is 1. The zero-order valence-electron chi connectivity index (χ0n) is 22.6. The Hall–Kier alpha value is -4.40. The van der Waals surface area contributed by atoms with Gasteiger partial charge in [-0.2, -0.15) is 5.26 Å². The molecule has 0 aliphatic carbocycles. The topological polar surface area (TPSA) is 59.4 Å². The van der Waals surface area contributed by atoms with E-state index in [9.17, 15) is 4.79 Å².